The topological polar surface area (TPSA) is 157 Å². The summed E-state index contributed by atoms with van der Waals surface area (Å²) >= 11 is 0. The number of nitrogens with one attached hydrogen (secondary N) is 1. The molecule has 0 unspecified atom stereocenters. The molecule has 0 spiro atoms. The molecule has 0 saturated heterocycles. The zero-order chi connectivity index (χ0) is 29.9. The molecule has 1 heterocycles. The molecule has 0 saturated carbocycles. The Morgan fingerprint density at radius 3 is 2.20 bits per heavy atom. The highest BCUT2D eigenvalue weighted by atomic mass is 16.7. The quantitative estimate of drug-likeness (QED) is 0.125. The number of nitrogens with two attached hydrogens (primary N) is 1. The molecule has 11 nitrogen and oxygen atoms in total. The predicted octanol–water partition coefficient (Wildman–Crippen LogP) is 4.09. The fourth-order valence-electron chi connectivity index (χ4n) is 3.42. The Morgan fingerprint density at radius 1 is 0.975 bits per heavy atom. The Bertz CT molecular complexity index is 1100. The third-order valence-electron chi connectivity index (χ3n) is 5.43. The zero-order valence-electron chi connectivity index (χ0n) is 24.2. The molecule has 0 aliphatic rings. The van der Waals surface area contributed by atoms with Crippen LogP contribution in [0, 0.1) is 6.92 Å². The van der Waals surface area contributed by atoms with Gasteiger partial charge in [0.05, 0.1) is 13.0 Å². The summed E-state index contributed by atoms with van der Waals surface area (Å²) < 4.78 is 4.79. The van der Waals surface area contributed by atoms with E-state index >= 15 is 0 Å². The number of ether oxygens (including phenoxy) is 1. The molecule has 0 atom stereocenters. The number of nitrogen functional groups attached to an aromatic ring is 1. The van der Waals surface area contributed by atoms with Gasteiger partial charge in [-0.3, -0.25) is 4.79 Å². The summed E-state index contributed by atoms with van der Waals surface area (Å²) in [5.74, 6) is -0.896. The minimum Gasteiger partial charge on any atom is -0.481 e. The molecule has 0 bridgehead atoms. The van der Waals surface area contributed by atoms with Crippen molar-refractivity contribution < 1.29 is 29.1 Å². The van der Waals surface area contributed by atoms with Crippen molar-refractivity contribution in [3.8, 4) is 0 Å². The highest BCUT2D eigenvalue weighted by molar-refractivity contribution is 5.91. The number of carbonyl (C=O) groups is 3. The molecule has 40 heavy (non-hydrogen) atoms. The minimum atomic E-state index is -0.825. The lowest BCUT2D eigenvalue weighted by molar-refractivity contribution is -0.171. The molecular weight excluding hydrogens is 514 g/mol. The fourth-order valence-corrected chi connectivity index (χ4v) is 3.42. The molecule has 2 aromatic rings. The van der Waals surface area contributed by atoms with Crippen LogP contribution in [-0.4, -0.2) is 65.3 Å². The molecule has 11 heteroatoms. The van der Waals surface area contributed by atoms with Gasteiger partial charge in [-0.25, -0.2) is 14.6 Å². The number of aliphatic carboxylic acids is 1. The second-order valence-electron chi connectivity index (χ2n) is 9.27. The van der Waals surface area contributed by atoms with Gasteiger partial charge in [0.15, 0.2) is 0 Å². The number of hydroxylamine groups is 2. The number of nitrogens with zero attached hydrogens (tertiary/aromatic N) is 3. The second kappa shape index (κ2) is 19.1. The maximum absolute atomic E-state index is 11.0. The molecule has 2 rings (SSSR count). The first-order chi connectivity index (χ1) is 19.0. The summed E-state index contributed by atoms with van der Waals surface area (Å²) in [7, 11) is 3.15. The van der Waals surface area contributed by atoms with E-state index in [4.69, 9.17) is 15.6 Å². The van der Waals surface area contributed by atoms with Gasteiger partial charge in [0.25, 0.3) is 0 Å². The number of carboxylic acid groups (broad SMARTS) is 1. The van der Waals surface area contributed by atoms with Crippen molar-refractivity contribution in [2.45, 2.75) is 65.7 Å². The number of carbonyl (C=O) groups excluding carboxylic acids is 2. The largest absolute Gasteiger partial charge is 0.481 e. The number of aryl methyl sites for hydroxylation is 1. The van der Waals surface area contributed by atoms with Crippen molar-refractivity contribution in [3.05, 3.63) is 58.8 Å². The van der Waals surface area contributed by atoms with E-state index in [-0.39, 0.29) is 12.4 Å². The lowest BCUT2D eigenvalue weighted by Crippen LogP contribution is -2.17. The zero-order valence-corrected chi connectivity index (χ0v) is 24.2. The van der Waals surface area contributed by atoms with Gasteiger partial charge in [0, 0.05) is 50.5 Å². The van der Waals surface area contributed by atoms with Gasteiger partial charge in [-0.05, 0) is 30.9 Å². The normalized spacial score (nSPS) is 10.7. The molecule has 4 N–H and O–H groups in total. The van der Waals surface area contributed by atoms with E-state index in [1.165, 1.54) is 17.9 Å². The van der Waals surface area contributed by atoms with Gasteiger partial charge >= 0.3 is 17.9 Å². The SMILES string of the molecule is CCCCCNc1nc(N)nc(C)c1Cc1ccc(CC(=O)O)cc1.CCCCOC(=O)/C=C/C(=O)ON(C)C. The Balaban J connectivity index is 0.000000459. The Kier molecular flexibility index (Phi) is 16.3. The van der Waals surface area contributed by atoms with Crippen LogP contribution < -0.4 is 11.1 Å². The minimum absolute atomic E-state index is 0.0362. The van der Waals surface area contributed by atoms with E-state index in [2.05, 4.69) is 27.0 Å². The smallest absolute Gasteiger partial charge is 0.349 e. The van der Waals surface area contributed by atoms with Gasteiger partial charge in [0.1, 0.15) is 5.82 Å². The molecule has 1 aromatic heterocycles. The lowest BCUT2D eigenvalue weighted by atomic mass is 10.0. The van der Waals surface area contributed by atoms with Gasteiger partial charge in [0.2, 0.25) is 5.95 Å². The third-order valence-corrected chi connectivity index (χ3v) is 5.43. The third kappa shape index (κ3) is 14.8. The predicted molar refractivity (Wildman–Crippen MR) is 155 cm³/mol. The first kappa shape index (κ1) is 34.0. The maximum Gasteiger partial charge on any atom is 0.349 e. The number of carboxylic acids is 1. The van der Waals surface area contributed by atoms with Crippen molar-refractivity contribution in [1.82, 2.24) is 15.0 Å². The van der Waals surface area contributed by atoms with E-state index in [1.807, 2.05) is 38.1 Å². The Morgan fingerprint density at radius 2 is 1.60 bits per heavy atom. The van der Waals surface area contributed by atoms with Crippen LogP contribution in [0.25, 0.3) is 0 Å². The van der Waals surface area contributed by atoms with Crippen LogP contribution in [0.5, 0.6) is 0 Å². The number of aromatic nitrogens is 2. The fraction of sp³-hybridized carbons (Fsp3) is 0.483. The van der Waals surface area contributed by atoms with E-state index in [0.29, 0.717) is 13.0 Å². The van der Waals surface area contributed by atoms with Crippen molar-refractivity contribution in [2.24, 2.45) is 0 Å². The molecule has 0 radical (unpaired) electrons. The summed E-state index contributed by atoms with van der Waals surface area (Å²) in [4.78, 5) is 46.0. The van der Waals surface area contributed by atoms with E-state index in [9.17, 15) is 14.4 Å². The van der Waals surface area contributed by atoms with Crippen LogP contribution in [0.4, 0.5) is 11.8 Å². The van der Waals surface area contributed by atoms with Gasteiger partial charge in [-0.2, -0.15) is 4.98 Å². The molecule has 0 amide bonds. The second-order valence-corrected chi connectivity index (χ2v) is 9.27. The van der Waals surface area contributed by atoms with E-state index in [1.54, 1.807) is 14.1 Å². The summed E-state index contributed by atoms with van der Waals surface area (Å²) in [6.45, 7) is 7.34. The molecule has 0 aliphatic heterocycles. The number of hydrogen-bond donors (Lipinski definition) is 3. The first-order valence-corrected chi connectivity index (χ1v) is 13.5. The molecule has 220 valence electrons. The number of esters is 1. The van der Waals surface area contributed by atoms with Crippen LogP contribution in [-0.2, 0) is 36.8 Å². The molecule has 0 fully saturated rings. The van der Waals surface area contributed by atoms with E-state index < -0.39 is 17.9 Å². The van der Waals surface area contributed by atoms with Gasteiger partial charge in [-0.1, -0.05) is 57.4 Å². The van der Waals surface area contributed by atoms with E-state index in [0.717, 1.165) is 66.2 Å². The highest BCUT2D eigenvalue weighted by Crippen LogP contribution is 2.22. The Hall–Kier alpha value is -3.99. The van der Waals surface area contributed by atoms with Crippen LogP contribution in [0.2, 0.25) is 0 Å². The van der Waals surface area contributed by atoms with Gasteiger partial charge < -0.3 is 25.7 Å². The summed E-state index contributed by atoms with van der Waals surface area (Å²) in [5, 5.41) is 13.5. The van der Waals surface area contributed by atoms with Crippen LogP contribution in [0.15, 0.2) is 36.4 Å². The van der Waals surface area contributed by atoms with Crippen LogP contribution >= 0.6 is 0 Å². The van der Waals surface area contributed by atoms with Crippen molar-refractivity contribution in [3.63, 3.8) is 0 Å². The number of unbranched alkanes of at least 4 members (excludes halogenated alkanes) is 3. The Labute approximate surface area is 236 Å². The number of rotatable bonds is 15. The lowest BCUT2D eigenvalue weighted by Gasteiger charge is -2.14. The monoisotopic (exact) mass is 557 g/mol. The maximum atomic E-state index is 11.0. The van der Waals surface area contributed by atoms with Crippen molar-refractivity contribution in [2.75, 3.05) is 38.3 Å². The average Bonchev–Trinajstić information content (AvgIpc) is 2.88. The summed E-state index contributed by atoms with van der Waals surface area (Å²) in [6, 6.07) is 7.61. The molecule has 0 aliphatic carbocycles. The molecular formula is C29H43N5O6. The standard InChI is InChI=1S/C19H26N4O2.C10H17NO4/c1-3-4-5-10-21-18-16(13(2)22-19(20)23-18)11-14-6-8-15(9-7-14)12-17(24)25;1-4-5-8-14-9(12)6-7-10(13)15-11(2)3/h6-9H,3-5,10-12H2,1-2H3,(H,24,25)(H3,20,21,22,23);6-7H,4-5,8H2,1-3H3/b;7-6+. The number of hydrogen-bond acceptors (Lipinski definition) is 10. The van der Waals surface area contributed by atoms with Crippen LogP contribution in [0.1, 0.15) is 68.3 Å². The number of benzene rings is 1. The van der Waals surface area contributed by atoms with Crippen molar-refractivity contribution >= 4 is 29.7 Å². The summed E-state index contributed by atoms with van der Waals surface area (Å²) in [5.41, 5.74) is 9.56. The summed E-state index contributed by atoms with van der Waals surface area (Å²) in [6.07, 6.45) is 8.01. The highest BCUT2D eigenvalue weighted by Gasteiger charge is 2.12. The molecule has 1 aromatic carbocycles. The van der Waals surface area contributed by atoms with Crippen molar-refractivity contribution in [1.29, 1.82) is 0 Å². The van der Waals surface area contributed by atoms with Crippen LogP contribution in [0.3, 0.4) is 0 Å². The first-order valence-electron chi connectivity index (χ1n) is 13.5. The van der Waals surface area contributed by atoms with Gasteiger partial charge in [-0.15, -0.1) is 5.06 Å². The number of anilines is 2. The average molecular weight is 558 g/mol.